The number of likely N-dealkylation sites (tertiary alicyclic amines) is 1. The van der Waals surface area contributed by atoms with E-state index in [-0.39, 0.29) is 5.91 Å². The molecule has 0 aromatic carbocycles. The van der Waals surface area contributed by atoms with Gasteiger partial charge in [-0.2, -0.15) is 0 Å². The van der Waals surface area contributed by atoms with Gasteiger partial charge in [0.05, 0.1) is 0 Å². The molecule has 1 aliphatic carbocycles. The molecule has 0 atom stereocenters. The van der Waals surface area contributed by atoms with Crippen molar-refractivity contribution in [1.29, 1.82) is 0 Å². The number of hydrogen-bond acceptors (Lipinski definition) is 1. The standard InChI is InChI=1S/C11H11Cl2NO/c12-8-3-4-10(7-9(13)6-8)14-5-1-2-11(14)15/h3,6-7H,1-2,4-5H2. The van der Waals surface area contributed by atoms with Gasteiger partial charge in [-0.3, -0.25) is 4.79 Å². The SMILES string of the molecule is O=C1CCCN1C1=CC(Cl)=CC(Cl)=CC1. The van der Waals surface area contributed by atoms with Crippen LogP contribution in [-0.2, 0) is 4.79 Å². The van der Waals surface area contributed by atoms with E-state index in [0.717, 1.165) is 18.7 Å². The summed E-state index contributed by atoms with van der Waals surface area (Å²) in [5, 5.41) is 1.20. The first kappa shape index (κ1) is 10.8. The number of nitrogens with zero attached hydrogens (tertiary/aromatic N) is 1. The van der Waals surface area contributed by atoms with Gasteiger partial charge in [0.1, 0.15) is 0 Å². The lowest BCUT2D eigenvalue weighted by Gasteiger charge is -2.18. The molecule has 1 heterocycles. The zero-order valence-electron chi connectivity index (χ0n) is 8.17. The molecular formula is C11H11Cl2NO. The molecule has 0 radical (unpaired) electrons. The molecule has 80 valence electrons. The summed E-state index contributed by atoms with van der Waals surface area (Å²) < 4.78 is 0. The second kappa shape index (κ2) is 4.42. The average molecular weight is 244 g/mol. The van der Waals surface area contributed by atoms with Gasteiger partial charge >= 0.3 is 0 Å². The first-order valence-electron chi connectivity index (χ1n) is 4.90. The van der Waals surface area contributed by atoms with E-state index in [4.69, 9.17) is 23.2 Å². The minimum Gasteiger partial charge on any atom is -0.316 e. The Hall–Kier alpha value is -0.730. The highest BCUT2D eigenvalue weighted by atomic mass is 35.5. The quantitative estimate of drug-likeness (QED) is 0.693. The minimum absolute atomic E-state index is 0.178. The molecule has 1 aliphatic heterocycles. The molecule has 0 spiro atoms. The van der Waals surface area contributed by atoms with Crippen molar-refractivity contribution in [3.05, 3.63) is 34.0 Å². The highest BCUT2D eigenvalue weighted by molar-refractivity contribution is 6.35. The smallest absolute Gasteiger partial charge is 0.226 e. The molecule has 0 aromatic rings. The van der Waals surface area contributed by atoms with Crippen LogP contribution in [0.4, 0.5) is 0 Å². The fourth-order valence-electron chi connectivity index (χ4n) is 1.79. The maximum Gasteiger partial charge on any atom is 0.226 e. The van der Waals surface area contributed by atoms with Crippen molar-refractivity contribution in [2.45, 2.75) is 19.3 Å². The summed E-state index contributed by atoms with van der Waals surface area (Å²) in [7, 11) is 0. The molecule has 2 nitrogen and oxygen atoms in total. The van der Waals surface area contributed by atoms with E-state index in [1.165, 1.54) is 0 Å². The molecule has 1 fully saturated rings. The molecular weight excluding hydrogens is 233 g/mol. The molecule has 2 rings (SSSR count). The van der Waals surface area contributed by atoms with E-state index in [0.29, 0.717) is 22.9 Å². The van der Waals surface area contributed by atoms with Crippen molar-refractivity contribution in [3.63, 3.8) is 0 Å². The number of allylic oxidation sites excluding steroid dienone is 5. The third-order valence-corrected chi connectivity index (χ3v) is 2.99. The molecule has 0 saturated carbocycles. The second-order valence-electron chi connectivity index (χ2n) is 3.61. The molecule has 0 unspecified atom stereocenters. The Morgan fingerprint density at radius 3 is 2.67 bits per heavy atom. The number of halogens is 2. The number of hydrogen-bond donors (Lipinski definition) is 0. The molecule has 0 N–H and O–H groups in total. The normalized spacial score (nSPS) is 22.1. The van der Waals surface area contributed by atoms with Gasteiger partial charge in [-0.15, -0.1) is 0 Å². The van der Waals surface area contributed by atoms with Gasteiger partial charge in [-0.05, 0) is 18.6 Å². The van der Waals surface area contributed by atoms with Crippen molar-refractivity contribution in [1.82, 2.24) is 4.90 Å². The number of carbonyl (C=O) groups is 1. The largest absolute Gasteiger partial charge is 0.316 e. The van der Waals surface area contributed by atoms with Crippen molar-refractivity contribution >= 4 is 29.1 Å². The third-order valence-electron chi connectivity index (χ3n) is 2.51. The third kappa shape index (κ3) is 2.44. The van der Waals surface area contributed by atoms with Crippen LogP contribution in [0.25, 0.3) is 0 Å². The predicted octanol–water partition coefficient (Wildman–Crippen LogP) is 3.14. The van der Waals surface area contributed by atoms with Gasteiger partial charge < -0.3 is 4.90 Å². The molecule has 0 aromatic heterocycles. The zero-order chi connectivity index (χ0) is 10.8. The number of amides is 1. The van der Waals surface area contributed by atoms with E-state index in [9.17, 15) is 4.79 Å². The van der Waals surface area contributed by atoms with Crippen LogP contribution in [0.3, 0.4) is 0 Å². The van der Waals surface area contributed by atoms with Crippen LogP contribution in [0, 0.1) is 0 Å². The Bertz CT molecular complexity index is 382. The molecule has 1 saturated heterocycles. The summed E-state index contributed by atoms with van der Waals surface area (Å²) >= 11 is 11.8. The second-order valence-corrected chi connectivity index (χ2v) is 4.48. The van der Waals surface area contributed by atoms with Gasteiger partial charge in [0.15, 0.2) is 0 Å². The lowest BCUT2D eigenvalue weighted by molar-refractivity contribution is -0.126. The van der Waals surface area contributed by atoms with Crippen LogP contribution in [0.5, 0.6) is 0 Å². The Morgan fingerprint density at radius 1 is 1.20 bits per heavy atom. The van der Waals surface area contributed by atoms with Crippen LogP contribution >= 0.6 is 23.2 Å². The molecule has 1 amide bonds. The summed E-state index contributed by atoms with van der Waals surface area (Å²) in [5.41, 5.74) is 0.939. The molecule has 4 heteroatoms. The Labute approximate surface area is 98.8 Å². The topological polar surface area (TPSA) is 20.3 Å². The lowest BCUT2D eigenvalue weighted by atomic mass is 10.2. The molecule has 2 aliphatic rings. The maximum absolute atomic E-state index is 11.5. The van der Waals surface area contributed by atoms with Gasteiger partial charge in [0, 0.05) is 35.1 Å². The van der Waals surface area contributed by atoms with E-state index >= 15 is 0 Å². The van der Waals surface area contributed by atoms with Crippen LogP contribution in [0.1, 0.15) is 19.3 Å². The maximum atomic E-state index is 11.5. The molecule has 0 bridgehead atoms. The van der Waals surface area contributed by atoms with Gasteiger partial charge in [-0.1, -0.05) is 29.3 Å². The predicted molar refractivity (Wildman–Crippen MR) is 61.5 cm³/mol. The van der Waals surface area contributed by atoms with Crippen LogP contribution in [0.15, 0.2) is 34.0 Å². The Morgan fingerprint density at radius 2 is 2.00 bits per heavy atom. The summed E-state index contributed by atoms with van der Waals surface area (Å²) in [4.78, 5) is 13.3. The van der Waals surface area contributed by atoms with E-state index in [1.54, 1.807) is 11.0 Å². The first-order chi connectivity index (χ1) is 7.16. The average Bonchev–Trinajstić information content (AvgIpc) is 2.51. The summed E-state index contributed by atoms with van der Waals surface area (Å²) in [6, 6.07) is 0. The summed E-state index contributed by atoms with van der Waals surface area (Å²) in [6.07, 6.45) is 7.60. The van der Waals surface area contributed by atoms with E-state index in [2.05, 4.69) is 0 Å². The van der Waals surface area contributed by atoms with Gasteiger partial charge in [0.25, 0.3) is 0 Å². The van der Waals surface area contributed by atoms with Gasteiger partial charge in [0.2, 0.25) is 5.91 Å². The summed E-state index contributed by atoms with van der Waals surface area (Å²) in [5.74, 6) is 0.178. The van der Waals surface area contributed by atoms with Crippen molar-refractivity contribution in [2.75, 3.05) is 6.54 Å². The van der Waals surface area contributed by atoms with Crippen molar-refractivity contribution < 1.29 is 4.79 Å². The highest BCUT2D eigenvalue weighted by Crippen LogP contribution is 2.26. The van der Waals surface area contributed by atoms with E-state index in [1.807, 2.05) is 12.2 Å². The molecule has 15 heavy (non-hydrogen) atoms. The van der Waals surface area contributed by atoms with E-state index < -0.39 is 0 Å². The fraction of sp³-hybridized carbons (Fsp3) is 0.364. The lowest BCUT2D eigenvalue weighted by Crippen LogP contribution is -2.23. The zero-order valence-corrected chi connectivity index (χ0v) is 9.68. The number of carbonyl (C=O) groups excluding carboxylic acids is 1. The minimum atomic E-state index is 0.178. The van der Waals surface area contributed by atoms with Crippen LogP contribution in [-0.4, -0.2) is 17.4 Å². The van der Waals surface area contributed by atoms with Crippen molar-refractivity contribution in [3.8, 4) is 0 Å². The Kier molecular flexibility index (Phi) is 3.17. The number of rotatable bonds is 1. The Balaban J connectivity index is 2.23. The highest BCUT2D eigenvalue weighted by Gasteiger charge is 2.23. The summed E-state index contributed by atoms with van der Waals surface area (Å²) in [6.45, 7) is 0.792. The van der Waals surface area contributed by atoms with Crippen LogP contribution in [0.2, 0.25) is 0 Å². The van der Waals surface area contributed by atoms with Crippen LogP contribution < -0.4 is 0 Å². The fourth-order valence-corrected chi connectivity index (χ4v) is 2.29. The van der Waals surface area contributed by atoms with Crippen molar-refractivity contribution in [2.24, 2.45) is 0 Å². The first-order valence-corrected chi connectivity index (χ1v) is 5.66. The monoisotopic (exact) mass is 243 g/mol. The van der Waals surface area contributed by atoms with Gasteiger partial charge in [-0.25, -0.2) is 0 Å².